The molecule has 47 heavy (non-hydrogen) atoms. The van der Waals surface area contributed by atoms with Crippen molar-refractivity contribution in [2.24, 2.45) is 23.2 Å². The molecule has 1 unspecified atom stereocenters. The van der Waals surface area contributed by atoms with E-state index in [4.69, 9.17) is 4.74 Å². The van der Waals surface area contributed by atoms with E-state index in [-0.39, 0.29) is 22.3 Å². The Kier molecular flexibility index (Phi) is 13.0. The lowest BCUT2D eigenvalue weighted by molar-refractivity contribution is -0.171. The van der Waals surface area contributed by atoms with Crippen LogP contribution in [0.4, 0.5) is 13.2 Å². The van der Waals surface area contributed by atoms with E-state index in [9.17, 15) is 30.9 Å². The van der Waals surface area contributed by atoms with E-state index >= 15 is 0 Å². The van der Waals surface area contributed by atoms with Gasteiger partial charge in [0.15, 0.2) is 31.0 Å². The molecule has 3 aromatic rings. The van der Waals surface area contributed by atoms with Crippen LogP contribution in [0.2, 0.25) is 0 Å². The van der Waals surface area contributed by atoms with Crippen molar-refractivity contribution in [2.45, 2.75) is 97.7 Å². The molecule has 0 heterocycles. The molecule has 3 aromatic carbocycles. The quantitative estimate of drug-likeness (QED) is 0.0917. The number of halogens is 3. The first-order chi connectivity index (χ1) is 22.4. The molecule has 0 N–H and O–H groups in total. The van der Waals surface area contributed by atoms with Crippen molar-refractivity contribution in [1.82, 2.24) is 0 Å². The lowest BCUT2D eigenvalue weighted by atomic mass is 9.49. The molecule has 4 aliphatic rings. The summed E-state index contributed by atoms with van der Waals surface area (Å²) >= 11 is 0. The van der Waals surface area contributed by atoms with Crippen LogP contribution in [0.5, 0.6) is 0 Å². The zero-order valence-electron chi connectivity index (χ0n) is 27.0. The van der Waals surface area contributed by atoms with Crippen molar-refractivity contribution < 1.29 is 35.7 Å². The fourth-order valence-corrected chi connectivity index (χ4v) is 9.88. The first kappa shape index (κ1) is 37.0. The largest absolute Gasteiger partial charge is 0.743 e. The van der Waals surface area contributed by atoms with Gasteiger partial charge in [0.05, 0.1) is 22.9 Å². The SMILES string of the molecule is CCC(F)C(F)(F)S(=O)(=O)[O-].CCCCOC(=O)C12CC3CC(CC(C3)C1)C2.c1ccc([S+](c2ccccc2)c2ccccc2)cc1. The van der Waals surface area contributed by atoms with Gasteiger partial charge in [0, 0.05) is 0 Å². The number of hydrogen-bond donors (Lipinski definition) is 0. The number of carbonyl (C=O) groups excluding carboxylic acids is 1. The van der Waals surface area contributed by atoms with Gasteiger partial charge in [-0.25, -0.2) is 12.8 Å². The third-order valence-corrected chi connectivity index (χ3v) is 12.3. The summed E-state index contributed by atoms with van der Waals surface area (Å²) in [7, 11) is -5.89. The van der Waals surface area contributed by atoms with Crippen LogP contribution in [0.1, 0.15) is 71.6 Å². The van der Waals surface area contributed by atoms with Gasteiger partial charge in [-0.1, -0.05) is 74.9 Å². The van der Waals surface area contributed by atoms with Gasteiger partial charge in [-0.2, -0.15) is 8.78 Å². The van der Waals surface area contributed by atoms with Crippen LogP contribution in [0.15, 0.2) is 106 Å². The smallest absolute Gasteiger partial charge is 0.364 e. The van der Waals surface area contributed by atoms with Crippen molar-refractivity contribution in [3.63, 3.8) is 0 Å². The summed E-state index contributed by atoms with van der Waals surface area (Å²) in [5.41, 5.74) is -0.0531. The maximum absolute atomic E-state index is 12.3. The van der Waals surface area contributed by atoms with Gasteiger partial charge in [0.2, 0.25) is 0 Å². The molecule has 4 bridgehead atoms. The maximum Gasteiger partial charge on any atom is 0.364 e. The Bertz CT molecular complexity index is 1380. The molecule has 4 fully saturated rings. The zero-order chi connectivity index (χ0) is 34.1. The standard InChI is InChI=1S/C18H15S.C15H24O2.C4H7F3O3S/c1-4-10-16(11-5-1)19(17-12-6-2-7-13-17)18-14-8-3-9-15-18;1-2-3-4-17-14(16)15-8-11-5-12(9-15)7-13(6-11)10-15;1-2-3(5)4(6,7)11(8,9)10/h1-15H;11-13H,2-10H2,1H3;3H,2H2,1H3,(H,8,9,10)/q+1;;/p-1. The lowest BCUT2D eigenvalue weighted by Crippen LogP contribution is -2.50. The molecular weight excluding hydrogens is 646 g/mol. The maximum atomic E-state index is 12.3. The highest BCUT2D eigenvalue weighted by Gasteiger charge is 2.55. The highest BCUT2D eigenvalue weighted by molar-refractivity contribution is 7.97. The number of alkyl halides is 3. The van der Waals surface area contributed by atoms with Gasteiger partial charge in [-0.3, -0.25) is 4.79 Å². The summed E-state index contributed by atoms with van der Waals surface area (Å²) in [5, 5.41) is -4.80. The summed E-state index contributed by atoms with van der Waals surface area (Å²) in [6.07, 6.45) is 6.04. The number of unbranched alkanes of at least 4 members (excludes halogenated alkanes) is 1. The minimum absolute atomic E-state index is 0.0146. The van der Waals surface area contributed by atoms with Gasteiger partial charge in [-0.05, 0) is 106 Å². The average molecular weight is 691 g/mol. The summed E-state index contributed by atoms with van der Waals surface area (Å²) in [6, 6.07) is 32.2. The van der Waals surface area contributed by atoms with E-state index in [0.29, 0.717) is 6.61 Å². The third-order valence-electron chi connectivity index (χ3n) is 9.20. The molecular formula is C37H45F3O5S2. The Hall–Kier alpha value is -2.82. The molecule has 0 radical (unpaired) electrons. The van der Waals surface area contributed by atoms with E-state index in [0.717, 1.165) is 56.8 Å². The van der Waals surface area contributed by atoms with Gasteiger partial charge >= 0.3 is 11.2 Å². The fourth-order valence-electron chi connectivity index (χ4n) is 7.30. The highest BCUT2D eigenvalue weighted by Crippen LogP contribution is 2.60. The van der Waals surface area contributed by atoms with Gasteiger partial charge in [0.1, 0.15) is 0 Å². The Morgan fingerprint density at radius 1 is 0.830 bits per heavy atom. The molecule has 1 atom stereocenters. The topological polar surface area (TPSA) is 83.5 Å². The number of carbonyl (C=O) groups is 1. The molecule has 4 aliphatic carbocycles. The molecule has 0 amide bonds. The normalized spacial score (nSPS) is 23.6. The number of hydrogen-bond acceptors (Lipinski definition) is 5. The van der Waals surface area contributed by atoms with Crippen molar-refractivity contribution in [2.75, 3.05) is 6.61 Å². The van der Waals surface area contributed by atoms with E-state index in [2.05, 4.69) is 97.9 Å². The van der Waals surface area contributed by atoms with Gasteiger partial charge in [0.25, 0.3) is 0 Å². The van der Waals surface area contributed by atoms with Crippen LogP contribution in [0, 0.1) is 23.2 Å². The van der Waals surface area contributed by atoms with Crippen molar-refractivity contribution in [1.29, 1.82) is 0 Å². The molecule has 7 rings (SSSR count). The number of ether oxygens (including phenoxy) is 1. The van der Waals surface area contributed by atoms with E-state index in [1.165, 1.54) is 33.9 Å². The number of esters is 1. The average Bonchev–Trinajstić information content (AvgIpc) is 3.05. The van der Waals surface area contributed by atoms with Crippen LogP contribution in [-0.4, -0.2) is 37.0 Å². The summed E-state index contributed by atoms with van der Waals surface area (Å²) < 4.78 is 70.8. The highest BCUT2D eigenvalue weighted by atomic mass is 32.2. The second kappa shape index (κ2) is 16.5. The number of benzene rings is 3. The summed E-state index contributed by atoms with van der Waals surface area (Å²) in [4.78, 5) is 16.4. The van der Waals surface area contributed by atoms with Gasteiger partial charge < -0.3 is 9.29 Å². The number of rotatable bonds is 10. The van der Waals surface area contributed by atoms with Crippen LogP contribution < -0.4 is 0 Å². The first-order valence-corrected chi connectivity index (χ1v) is 19.1. The zero-order valence-corrected chi connectivity index (χ0v) is 28.7. The molecule has 10 heteroatoms. The molecule has 0 aliphatic heterocycles. The van der Waals surface area contributed by atoms with Gasteiger partial charge in [-0.15, -0.1) is 0 Å². The molecule has 256 valence electrons. The molecule has 0 saturated heterocycles. The molecule has 0 spiro atoms. The lowest BCUT2D eigenvalue weighted by Gasteiger charge is -2.55. The van der Waals surface area contributed by atoms with Crippen LogP contribution in [-0.2, 0) is 30.5 Å². The molecule has 0 aromatic heterocycles. The Morgan fingerprint density at radius 3 is 1.51 bits per heavy atom. The minimum Gasteiger partial charge on any atom is -0.743 e. The van der Waals surface area contributed by atoms with E-state index in [1.807, 2.05) is 0 Å². The monoisotopic (exact) mass is 690 g/mol. The Labute approximate surface area is 280 Å². The predicted molar refractivity (Wildman–Crippen MR) is 178 cm³/mol. The molecule has 5 nitrogen and oxygen atoms in total. The first-order valence-electron chi connectivity index (χ1n) is 16.4. The van der Waals surface area contributed by atoms with Crippen molar-refractivity contribution in [3.05, 3.63) is 91.0 Å². The van der Waals surface area contributed by atoms with Crippen LogP contribution in [0.3, 0.4) is 0 Å². The third kappa shape index (κ3) is 9.42. The predicted octanol–water partition coefficient (Wildman–Crippen LogP) is 9.20. The fraction of sp³-hybridized carbons (Fsp3) is 0.486. The Morgan fingerprint density at radius 2 is 1.21 bits per heavy atom. The second-order valence-electron chi connectivity index (χ2n) is 12.8. The molecule has 4 saturated carbocycles. The summed E-state index contributed by atoms with van der Waals surface area (Å²) in [5.74, 6) is 2.64. The Balaban J connectivity index is 0.000000166. The van der Waals surface area contributed by atoms with E-state index in [1.54, 1.807) is 0 Å². The second-order valence-corrected chi connectivity index (χ2v) is 16.3. The van der Waals surface area contributed by atoms with Crippen molar-refractivity contribution >= 4 is 27.0 Å². The van der Waals surface area contributed by atoms with Crippen LogP contribution in [0.25, 0.3) is 0 Å². The minimum atomic E-state index is -5.87. The summed E-state index contributed by atoms with van der Waals surface area (Å²) in [6.45, 7) is 3.79. The van der Waals surface area contributed by atoms with Crippen molar-refractivity contribution in [3.8, 4) is 0 Å². The van der Waals surface area contributed by atoms with E-state index < -0.39 is 28.0 Å². The van der Waals surface area contributed by atoms with Crippen LogP contribution >= 0.6 is 0 Å².